The van der Waals surface area contributed by atoms with Crippen LogP contribution in [0.4, 0.5) is 5.69 Å². The number of ether oxygens (including phenoxy) is 1. The molecule has 1 aromatic rings. The van der Waals surface area contributed by atoms with Crippen molar-refractivity contribution in [2.75, 3.05) is 19.0 Å². The molecule has 0 atom stereocenters. The predicted molar refractivity (Wildman–Crippen MR) is 82.1 cm³/mol. The highest BCUT2D eigenvalue weighted by Gasteiger charge is 2.36. The number of carboxylic acids is 1. The Balaban J connectivity index is 2.39. The van der Waals surface area contributed by atoms with Gasteiger partial charge in [0.15, 0.2) is 6.61 Å². The van der Waals surface area contributed by atoms with Crippen molar-refractivity contribution in [3.8, 4) is 5.75 Å². The molecule has 2 rings (SSSR count). The van der Waals surface area contributed by atoms with Gasteiger partial charge in [-0.25, -0.2) is 4.79 Å². The average molecular weight is 371 g/mol. The van der Waals surface area contributed by atoms with Crippen molar-refractivity contribution >= 4 is 39.4 Å². The SMILES string of the molecule is CN(C(=O)c1cc2c(cc1Br)NC(=O)CO2)C(C)(C)C(=O)O. The van der Waals surface area contributed by atoms with Gasteiger partial charge < -0.3 is 20.1 Å². The van der Waals surface area contributed by atoms with Crippen molar-refractivity contribution in [2.24, 2.45) is 0 Å². The topological polar surface area (TPSA) is 95.9 Å². The molecule has 0 fully saturated rings. The summed E-state index contributed by atoms with van der Waals surface area (Å²) in [5, 5.41) is 11.9. The molecule has 22 heavy (non-hydrogen) atoms. The van der Waals surface area contributed by atoms with Crippen LogP contribution in [-0.4, -0.2) is 47.0 Å². The maximum Gasteiger partial charge on any atom is 0.329 e. The number of nitrogens with zero attached hydrogens (tertiary/aromatic N) is 1. The van der Waals surface area contributed by atoms with Crippen LogP contribution in [0.1, 0.15) is 24.2 Å². The number of carboxylic acid groups (broad SMARTS) is 1. The summed E-state index contributed by atoms with van der Waals surface area (Å²) in [6, 6.07) is 3.04. The smallest absolute Gasteiger partial charge is 0.329 e. The number of hydrogen-bond acceptors (Lipinski definition) is 4. The third-order valence-corrected chi connectivity index (χ3v) is 4.26. The number of fused-ring (bicyclic) bond motifs is 1. The van der Waals surface area contributed by atoms with E-state index in [-0.39, 0.29) is 18.1 Å². The summed E-state index contributed by atoms with van der Waals surface area (Å²) >= 11 is 3.27. The van der Waals surface area contributed by atoms with Crippen LogP contribution in [0.5, 0.6) is 5.75 Å². The molecule has 0 aromatic heterocycles. The third kappa shape index (κ3) is 2.78. The summed E-state index contributed by atoms with van der Waals surface area (Å²) in [6.45, 7) is 2.76. The summed E-state index contributed by atoms with van der Waals surface area (Å²) in [5.41, 5.74) is -0.645. The standard InChI is InChI=1S/C14H15BrN2O5/c1-14(2,13(20)21)17(3)12(19)7-4-10-9(5-8(7)15)16-11(18)6-22-10/h4-5H,6H2,1-3H3,(H,16,18)(H,20,21). The van der Waals surface area contributed by atoms with Gasteiger partial charge in [-0.2, -0.15) is 0 Å². The summed E-state index contributed by atoms with van der Waals surface area (Å²) in [5.74, 6) is -1.49. The quantitative estimate of drug-likeness (QED) is 0.844. The van der Waals surface area contributed by atoms with Crippen molar-refractivity contribution in [2.45, 2.75) is 19.4 Å². The number of benzene rings is 1. The van der Waals surface area contributed by atoms with Crippen molar-refractivity contribution < 1.29 is 24.2 Å². The van der Waals surface area contributed by atoms with Gasteiger partial charge in [0.1, 0.15) is 11.3 Å². The first-order valence-corrected chi connectivity index (χ1v) is 7.21. The lowest BCUT2D eigenvalue weighted by Crippen LogP contribution is -2.50. The fraction of sp³-hybridized carbons (Fsp3) is 0.357. The monoisotopic (exact) mass is 370 g/mol. The first kappa shape index (κ1) is 16.3. The molecule has 118 valence electrons. The van der Waals surface area contributed by atoms with Crippen LogP contribution in [0.15, 0.2) is 16.6 Å². The van der Waals surface area contributed by atoms with Crippen molar-refractivity contribution in [1.29, 1.82) is 0 Å². The minimum atomic E-state index is -1.36. The van der Waals surface area contributed by atoms with Crippen LogP contribution < -0.4 is 10.1 Å². The Labute approximate surface area is 135 Å². The van der Waals surface area contributed by atoms with Gasteiger partial charge in [0.05, 0.1) is 11.3 Å². The van der Waals surface area contributed by atoms with Gasteiger partial charge in [0.25, 0.3) is 11.8 Å². The number of halogens is 1. The van der Waals surface area contributed by atoms with Crippen LogP contribution in [0.2, 0.25) is 0 Å². The van der Waals surface area contributed by atoms with Crippen LogP contribution >= 0.6 is 15.9 Å². The molecular weight excluding hydrogens is 356 g/mol. The molecule has 1 heterocycles. The minimum Gasteiger partial charge on any atom is -0.482 e. The summed E-state index contributed by atoms with van der Waals surface area (Å²) in [7, 11) is 1.42. The first-order valence-electron chi connectivity index (χ1n) is 6.42. The van der Waals surface area contributed by atoms with Crippen LogP contribution in [0, 0.1) is 0 Å². The normalized spacial score (nSPS) is 13.7. The Kier molecular flexibility index (Phi) is 4.15. The number of nitrogens with one attached hydrogen (secondary N) is 1. The molecule has 0 aliphatic carbocycles. The van der Waals surface area contributed by atoms with Gasteiger partial charge in [0, 0.05) is 11.5 Å². The molecule has 1 aromatic carbocycles. The summed E-state index contributed by atoms with van der Waals surface area (Å²) < 4.78 is 5.71. The van der Waals surface area contributed by atoms with Crippen LogP contribution in [0.3, 0.4) is 0 Å². The molecule has 0 spiro atoms. The van der Waals surface area contributed by atoms with E-state index in [4.69, 9.17) is 4.74 Å². The van der Waals surface area contributed by atoms with Crippen molar-refractivity contribution in [3.05, 3.63) is 22.2 Å². The van der Waals surface area contributed by atoms with Crippen LogP contribution in [-0.2, 0) is 9.59 Å². The highest BCUT2D eigenvalue weighted by molar-refractivity contribution is 9.10. The fourth-order valence-electron chi connectivity index (χ4n) is 1.84. The minimum absolute atomic E-state index is 0.126. The lowest BCUT2D eigenvalue weighted by molar-refractivity contribution is -0.147. The van der Waals surface area contributed by atoms with Gasteiger partial charge >= 0.3 is 5.97 Å². The molecule has 8 heteroatoms. The highest BCUT2D eigenvalue weighted by atomic mass is 79.9. The number of hydrogen-bond donors (Lipinski definition) is 2. The number of carbonyl (C=O) groups excluding carboxylic acids is 2. The molecule has 2 amide bonds. The second-order valence-corrected chi connectivity index (χ2v) is 6.25. The lowest BCUT2D eigenvalue weighted by Gasteiger charge is -2.32. The molecule has 0 saturated heterocycles. The second kappa shape index (κ2) is 5.60. The number of likely N-dealkylation sites (N-methyl/N-ethyl adjacent to an activating group) is 1. The van der Waals surface area contributed by atoms with E-state index in [1.165, 1.54) is 27.0 Å². The number of anilines is 1. The first-order chi connectivity index (χ1) is 10.1. The zero-order valence-electron chi connectivity index (χ0n) is 12.3. The highest BCUT2D eigenvalue weighted by Crippen LogP contribution is 2.34. The van der Waals surface area contributed by atoms with E-state index in [0.717, 1.165) is 4.90 Å². The maximum absolute atomic E-state index is 12.6. The van der Waals surface area contributed by atoms with Gasteiger partial charge in [-0.05, 0) is 41.9 Å². The number of amides is 2. The molecule has 7 nitrogen and oxygen atoms in total. The van der Waals surface area contributed by atoms with Crippen molar-refractivity contribution in [3.63, 3.8) is 0 Å². The molecule has 2 N–H and O–H groups in total. The second-order valence-electron chi connectivity index (χ2n) is 5.39. The van der Waals surface area contributed by atoms with Gasteiger partial charge in [-0.1, -0.05) is 0 Å². The molecule has 1 aliphatic rings. The van der Waals surface area contributed by atoms with E-state index < -0.39 is 17.4 Å². The zero-order chi connectivity index (χ0) is 16.7. The Morgan fingerprint density at radius 2 is 2.05 bits per heavy atom. The van der Waals surface area contributed by atoms with Gasteiger partial charge in [-0.15, -0.1) is 0 Å². The Morgan fingerprint density at radius 1 is 1.41 bits per heavy atom. The average Bonchev–Trinajstić information content (AvgIpc) is 2.44. The van der Waals surface area contributed by atoms with E-state index in [9.17, 15) is 19.5 Å². The zero-order valence-corrected chi connectivity index (χ0v) is 13.9. The van der Waals surface area contributed by atoms with E-state index >= 15 is 0 Å². The Morgan fingerprint density at radius 3 is 2.64 bits per heavy atom. The van der Waals surface area contributed by atoms with Gasteiger partial charge in [-0.3, -0.25) is 9.59 Å². The number of carbonyl (C=O) groups is 3. The third-order valence-electron chi connectivity index (χ3n) is 3.60. The molecule has 0 saturated carbocycles. The summed E-state index contributed by atoms with van der Waals surface area (Å²) in [4.78, 5) is 36.3. The predicted octanol–water partition coefficient (Wildman–Crippen LogP) is 1.72. The maximum atomic E-state index is 12.6. The molecule has 0 bridgehead atoms. The van der Waals surface area contributed by atoms with Crippen molar-refractivity contribution in [1.82, 2.24) is 4.90 Å². The van der Waals surface area contributed by atoms with E-state index in [0.29, 0.717) is 15.9 Å². The Hall–Kier alpha value is -2.09. The van der Waals surface area contributed by atoms with Gasteiger partial charge in [0.2, 0.25) is 0 Å². The van der Waals surface area contributed by atoms with E-state index in [1.807, 2.05) is 0 Å². The number of aliphatic carboxylic acids is 1. The molecule has 0 radical (unpaired) electrons. The Bertz CT molecular complexity index is 671. The molecule has 0 unspecified atom stereocenters. The number of rotatable bonds is 3. The summed E-state index contributed by atoms with van der Waals surface area (Å²) in [6.07, 6.45) is 0. The fourth-order valence-corrected chi connectivity index (χ4v) is 2.35. The van der Waals surface area contributed by atoms with E-state index in [2.05, 4.69) is 21.2 Å². The van der Waals surface area contributed by atoms with E-state index in [1.54, 1.807) is 6.07 Å². The molecular formula is C14H15BrN2O5. The lowest BCUT2D eigenvalue weighted by atomic mass is 10.0. The largest absolute Gasteiger partial charge is 0.482 e. The molecule has 1 aliphatic heterocycles. The van der Waals surface area contributed by atoms with Crippen LogP contribution in [0.25, 0.3) is 0 Å².